The molecule has 3 N–H and O–H groups in total. The van der Waals surface area contributed by atoms with Crippen LogP contribution in [0.1, 0.15) is 90.9 Å². The van der Waals surface area contributed by atoms with Crippen molar-refractivity contribution in [2.75, 3.05) is 6.54 Å². The number of nitrogens with two attached hydrogens (primary N) is 1. The fourth-order valence-corrected chi connectivity index (χ4v) is 2.26. The molecule has 2 nitrogen and oxygen atoms in total. The molecule has 18 heavy (non-hydrogen) atoms. The molecule has 0 amide bonds. The molecule has 0 fully saturated rings. The van der Waals surface area contributed by atoms with Gasteiger partial charge >= 0.3 is 0 Å². The van der Waals surface area contributed by atoms with Crippen molar-refractivity contribution in [3.8, 4) is 0 Å². The number of rotatable bonds is 14. The van der Waals surface area contributed by atoms with Crippen molar-refractivity contribution in [3.05, 3.63) is 0 Å². The van der Waals surface area contributed by atoms with E-state index < -0.39 is 0 Å². The minimum absolute atomic E-state index is 0.224. The summed E-state index contributed by atoms with van der Waals surface area (Å²) >= 11 is 0. The van der Waals surface area contributed by atoms with E-state index in [-0.39, 0.29) is 6.17 Å². The van der Waals surface area contributed by atoms with E-state index in [9.17, 15) is 0 Å². The summed E-state index contributed by atoms with van der Waals surface area (Å²) in [5.74, 6) is 0. The molecule has 0 saturated heterocycles. The van der Waals surface area contributed by atoms with Crippen molar-refractivity contribution in [3.63, 3.8) is 0 Å². The van der Waals surface area contributed by atoms with Crippen LogP contribution in [0.2, 0.25) is 0 Å². The van der Waals surface area contributed by atoms with Gasteiger partial charge in [-0.05, 0) is 19.4 Å². The Morgan fingerprint density at radius 3 is 1.83 bits per heavy atom. The minimum Gasteiger partial charge on any atom is -0.316 e. The molecule has 0 rings (SSSR count). The first-order valence-electron chi connectivity index (χ1n) is 8.30. The smallest absolute Gasteiger partial charge is 0.0546 e. The molecular weight excluding hydrogens is 220 g/mol. The zero-order chi connectivity index (χ0) is 13.5. The van der Waals surface area contributed by atoms with E-state index in [1.54, 1.807) is 0 Å². The van der Waals surface area contributed by atoms with Crippen molar-refractivity contribution in [1.82, 2.24) is 5.32 Å². The number of hydrogen-bond donors (Lipinski definition) is 2. The molecule has 0 bridgehead atoms. The highest BCUT2D eigenvalue weighted by Gasteiger charge is 2.00. The molecule has 0 radical (unpaired) electrons. The fraction of sp³-hybridized carbons (Fsp3) is 1.00. The van der Waals surface area contributed by atoms with Gasteiger partial charge in [-0.1, -0.05) is 78.1 Å². The van der Waals surface area contributed by atoms with Crippen LogP contribution in [0.15, 0.2) is 0 Å². The molecule has 0 aliphatic carbocycles. The molecule has 110 valence electrons. The molecule has 0 heterocycles. The average molecular weight is 256 g/mol. The summed E-state index contributed by atoms with van der Waals surface area (Å²) in [4.78, 5) is 0. The molecule has 0 spiro atoms. The van der Waals surface area contributed by atoms with Gasteiger partial charge in [0, 0.05) is 0 Å². The second-order valence-electron chi connectivity index (χ2n) is 5.53. The highest BCUT2D eigenvalue weighted by molar-refractivity contribution is 4.59. The van der Waals surface area contributed by atoms with E-state index in [1.165, 1.54) is 70.6 Å². The van der Waals surface area contributed by atoms with Crippen molar-refractivity contribution in [1.29, 1.82) is 0 Å². The lowest BCUT2D eigenvalue weighted by Gasteiger charge is -2.13. The lowest BCUT2D eigenvalue weighted by atomic mass is 10.1. The Morgan fingerprint density at radius 1 is 0.722 bits per heavy atom. The van der Waals surface area contributed by atoms with E-state index >= 15 is 0 Å². The van der Waals surface area contributed by atoms with Crippen LogP contribution >= 0.6 is 0 Å². The van der Waals surface area contributed by atoms with Crippen LogP contribution in [-0.2, 0) is 0 Å². The summed E-state index contributed by atoms with van der Waals surface area (Å²) in [5.41, 5.74) is 6.04. The molecule has 0 aliphatic rings. The highest BCUT2D eigenvalue weighted by Crippen LogP contribution is 2.06. The maximum Gasteiger partial charge on any atom is 0.0546 e. The number of nitrogens with one attached hydrogen (secondary N) is 1. The molecule has 1 unspecified atom stereocenters. The predicted molar refractivity (Wildman–Crippen MR) is 82.7 cm³/mol. The fourth-order valence-electron chi connectivity index (χ4n) is 2.26. The van der Waals surface area contributed by atoms with Gasteiger partial charge in [0.2, 0.25) is 0 Å². The van der Waals surface area contributed by atoms with Gasteiger partial charge < -0.3 is 11.1 Å². The van der Waals surface area contributed by atoms with Crippen LogP contribution in [0, 0.1) is 0 Å². The Balaban J connectivity index is 3.09. The maximum atomic E-state index is 6.04. The first-order valence-corrected chi connectivity index (χ1v) is 8.30. The molecule has 2 heteroatoms. The molecule has 0 aromatic carbocycles. The second kappa shape index (κ2) is 15.0. The van der Waals surface area contributed by atoms with E-state index in [0.29, 0.717) is 0 Å². The molecule has 0 aliphatic heterocycles. The lowest BCUT2D eigenvalue weighted by Crippen LogP contribution is -2.37. The standard InChI is InChI=1S/C16H36N2/c1-3-5-7-9-11-13-15-18-16(17)14-12-10-8-6-4-2/h16,18H,3-15,17H2,1-2H3. The van der Waals surface area contributed by atoms with Gasteiger partial charge in [-0.15, -0.1) is 0 Å². The van der Waals surface area contributed by atoms with E-state index in [0.717, 1.165) is 13.0 Å². The third-order valence-corrected chi connectivity index (χ3v) is 3.56. The van der Waals surface area contributed by atoms with Crippen LogP contribution in [0.5, 0.6) is 0 Å². The van der Waals surface area contributed by atoms with E-state index in [1.807, 2.05) is 0 Å². The average Bonchev–Trinajstić information content (AvgIpc) is 2.37. The topological polar surface area (TPSA) is 38.0 Å². The third kappa shape index (κ3) is 14.0. The van der Waals surface area contributed by atoms with Crippen LogP contribution in [0.4, 0.5) is 0 Å². The number of unbranched alkanes of at least 4 members (excludes halogenated alkanes) is 9. The number of hydrogen-bond acceptors (Lipinski definition) is 2. The molecule has 1 atom stereocenters. The SMILES string of the molecule is CCCCCCCCNC(N)CCCCCCC. The van der Waals surface area contributed by atoms with Crippen LogP contribution in [-0.4, -0.2) is 12.7 Å². The van der Waals surface area contributed by atoms with Gasteiger partial charge in [0.05, 0.1) is 6.17 Å². The molecule has 0 aromatic heterocycles. The maximum absolute atomic E-state index is 6.04. The van der Waals surface area contributed by atoms with Crippen LogP contribution < -0.4 is 11.1 Å². The van der Waals surface area contributed by atoms with Gasteiger partial charge in [0.15, 0.2) is 0 Å². The molecule has 0 aromatic rings. The largest absolute Gasteiger partial charge is 0.316 e. The monoisotopic (exact) mass is 256 g/mol. The Labute approximate surface area is 115 Å². The third-order valence-electron chi connectivity index (χ3n) is 3.56. The lowest BCUT2D eigenvalue weighted by molar-refractivity contribution is 0.453. The molecular formula is C16H36N2. The van der Waals surface area contributed by atoms with Crippen molar-refractivity contribution >= 4 is 0 Å². The first-order chi connectivity index (χ1) is 8.81. The van der Waals surface area contributed by atoms with Crippen molar-refractivity contribution < 1.29 is 0 Å². The van der Waals surface area contributed by atoms with Crippen molar-refractivity contribution in [2.24, 2.45) is 5.73 Å². The summed E-state index contributed by atoms with van der Waals surface area (Å²) < 4.78 is 0. The quantitative estimate of drug-likeness (QED) is 0.352. The molecule has 0 saturated carbocycles. The Bertz CT molecular complexity index is 148. The Kier molecular flexibility index (Phi) is 14.9. The van der Waals surface area contributed by atoms with E-state index in [4.69, 9.17) is 5.73 Å². The summed E-state index contributed by atoms with van der Waals surface area (Å²) in [7, 11) is 0. The summed E-state index contributed by atoms with van der Waals surface area (Å²) in [6.45, 7) is 5.62. The van der Waals surface area contributed by atoms with Crippen molar-refractivity contribution in [2.45, 2.75) is 97.1 Å². The Hall–Kier alpha value is -0.0800. The van der Waals surface area contributed by atoms with Gasteiger partial charge in [-0.3, -0.25) is 0 Å². The van der Waals surface area contributed by atoms with Crippen LogP contribution in [0.25, 0.3) is 0 Å². The zero-order valence-corrected chi connectivity index (χ0v) is 12.8. The van der Waals surface area contributed by atoms with Gasteiger partial charge in [-0.2, -0.15) is 0 Å². The normalized spacial score (nSPS) is 12.8. The second-order valence-corrected chi connectivity index (χ2v) is 5.53. The Morgan fingerprint density at radius 2 is 1.22 bits per heavy atom. The zero-order valence-electron chi connectivity index (χ0n) is 12.8. The highest BCUT2D eigenvalue weighted by atomic mass is 15.0. The summed E-state index contributed by atoms with van der Waals surface area (Å²) in [6.07, 6.45) is 16.2. The minimum atomic E-state index is 0.224. The van der Waals surface area contributed by atoms with Crippen LogP contribution in [0.3, 0.4) is 0 Å². The first kappa shape index (κ1) is 17.9. The van der Waals surface area contributed by atoms with Gasteiger partial charge in [0.1, 0.15) is 0 Å². The summed E-state index contributed by atoms with van der Waals surface area (Å²) in [6, 6.07) is 0. The van der Waals surface area contributed by atoms with Gasteiger partial charge in [0.25, 0.3) is 0 Å². The van der Waals surface area contributed by atoms with E-state index in [2.05, 4.69) is 19.2 Å². The van der Waals surface area contributed by atoms with Gasteiger partial charge in [-0.25, -0.2) is 0 Å². The summed E-state index contributed by atoms with van der Waals surface area (Å²) in [5, 5.41) is 3.44. The predicted octanol–water partition coefficient (Wildman–Crippen LogP) is 4.58.